The largest absolute Gasteiger partial charge is 0.487 e. The number of piperazine rings is 1. The summed E-state index contributed by atoms with van der Waals surface area (Å²) in [5.74, 6) is 0.969. The van der Waals surface area contributed by atoms with Crippen molar-refractivity contribution in [1.82, 2.24) is 4.90 Å². The number of unbranched alkanes of at least 4 members (excludes halogenated alkanes) is 1. The summed E-state index contributed by atoms with van der Waals surface area (Å²) in [6, 6.07) is 19.7. The van der Waals surface area contributed by atoms with E-state index >= 15 is 0 Å². The molecule has 1 heterocycles. The van der Waals surface area contributed by atoms with Gasteiger partial charge in [0.05, 0.1) is 5.69 Å². The van der Waals surface area contributed by atoms with E-state index in [1.165, 1.54) is 17.7 Å². The van der Waals surface area contributed by atoms with E-state index in [0.717, 1.165) is 38.3 Å². The van der Waals surface area contributed by atoms with Crippen LogP contribution in [0, 0.1) is 0 Å². The Morgan fingerprint density at radius 2 is 1.59 bits per heavy atom. The van der Waals surface area contributed by atoms with Gasteiger partial charge in [0.15, 0.2) is 0 Å². The van der Waals surface area contributed by atoms with Gasteiger partial charge in [0.1, 0.15) is 12.4 Å². The lowest BCUT2D eigenvalue weighted by molar-refractivity contribution is 0.195. The fourth-order valence-corrected chi connectivity index (χ4v) is 4.10. The molecule has 0 aromatic heterocycles. The topological polar surface area (TPSA) is 41.7 Å². The monoisotopic (exact) mass is 367 g/mol. The number of rotatable bonds is 8. The molecule has 0 saturated carbocycles. The minimum absolute atomic E-state index is 0.452. The zero-order valence-corrected chi connectivity index (χ0v) is 16.7. The zero-order valence-electron chi connectivity index (χ0n) is 16.7. The Bertz CT molecular complexity index is 679. The highest BCUT2D eigenvalue weighted by Crippen LogP contribution is 2.33. The third-order valence-electron chi connectivity index (χ3n) is 5.30. The van der Waals surface area contributed by atoms with Gasteiger partial charge >= 0.3 is 0 Å². The Kier molecular flexibility index (Phi) is 7.13. The van der Waals surface area contributed by atoms with E-state index in [1.807, 2.05) is 6.07 Å². The molecule has 2 aromatic carbocycles. The molecule has 0 spiro atoms. The number of anilines is 1. The molecule has 2 atom stereocenters. The summed E-state index contributed by atoms with van der Waals surface area (Å²) in [5, 5.41) is 0. The van der Waals surface area contributed by atoms with Crippen LogP contribution in [0.25, 0.3) is 0 Å². The molecule has 4 nitrogen and oxygen atoms in total. The number of nitrogens with zero attached hydrogens (tertiary/aromatic N) is 2. The summed E-state index contributed by atoms with van der Waals surface area (Å²) >= 11 is 0. The van der Waals surface area contributed by atoms with Crippen molar-refractivity contribution in [2.75, 3.05) is 31.1 Å². The first-order valence-corrected chi connectivity index (χ1v) is 10.2. The first-order valence-electron chi connectivity index (χ1n) is 10.2. The van der Waals surface area contributed by atoms with Gasteiger partial charge in [-0.1, -0.05) is 42.5 Å². The molecule has 0 radical (unpaired) electrons. The number of hydrogen-bond donors (Lipinski definition) is 1. The molecule has 4 heteroatoms. The van der Waals surface area contributed by atoms with Crippen LogP contribution in [0.15, 0.2) is 54.6 Å². The molecule has 0 bridgehead atoms. The number of hydrogen-bond acceptors (Lipinski definition) is 4. The summed E-state index contributed by atoms with van der Waals surface area (Å²) < 4.78 is 6.21. The van der Waals surface area contributed by atoms with E-state index < -0.39 is 0 Å². The Labute approximate surface area is 163 Å². The predicted octanol–water partition coefficient (Wildman–Crippen LogP) is 3.90. The van der Waals surface area contributed by atoms with Crippen LogP contribution in [-0.4, -0.2) is 43.2 Å². The van der Waals surface area contributed by atoms with Gasteiger partial charge in [-0.15, -0.1) is 0 Å². The van der Waals surface area contributed by atoms with Gasteiger partial charge < -0.3 is 15.4 Å². The van der Waals surface area contributed by atoms with Crippen LogP contribution in [0.4, 0.5) is 5.69 Å². The first kappa shape index (κ1) is 19.7. The van der Waals surface area contributed by atoms with Gasteiger partial charge in [-0.05, 0) is 57.5 Å². The molecule has 2 unspecified atom stereocenters. The highest BCUT2D eigenvalue weighted by Gasteiger charge is 2.30. The molecule has 146 valence electrons. The van der Waals surface area contributed by atoms with E-state index in [2.05, 4.69) is 72.2 Å². The van der Waals surface area contributed by atoms with Crippen molar-refractivity contribution in [1.29, 1.82) is 0 Å². The van der Waals surface area contributed by atoms with Crippen LogP contribution in [0.5, 0.6) is 5.75 Å². The van der Waals surface area contributed by atoms with Gasteiger partial charge in [-0.2, -0.15) is 0 Å². The zero-order chi connectivity index (χ0) is 19.1. The van der Waals surface area contributed by atoms with Crippen molar-refractivity contribution in [3.8, 4) is 5.75 Å². The Morgan fingerprint density at radius 3 is 2.30 bits per heavy atom. The van der Waals surface area contributed by atoms with Crippen molar-refractivity contribution < 1.29 is 4.74 Å². The lowest BCUT2D eigenvalue weighted by atomic mass is 10.1. The molecule has 3 rings (SSSR count). The fraction of sp³-hybridized carbons (Fsp3) is 0.478. The Hall–Kier alpha value is -2.04. The maximum absolute atomic E-state index is 6.21. The lowest BCUT2D eigenvalue weighted by Crippen LogP contribution is -2.57. The molecule has 1 aliphatic rings. The molecule has 1 fully saturated rings. The molecular formula is C23H33N3O. The molecule has 0 amide bonds. The minimum Gasteiger partial charge on any atom is -0.487 e. The summed E-state index contributed by atoms with van der Waals surface area (Å²) in [4.78, 5) is 5.11. The van der Waals surface area contributed by atoms with E-state index in [9.17, 15) is 0 Å². The van der Waals surface area contributed by atoms with Crippen LogP contribution >= 0.6 is 0 Å². The van der Waals surface area contributed by atoms with E-state index in [0.29, 0.717) is 18.7 Å². The smallest absolute Gasteiger partial charge is 0.143 e. The first-order chi connectivity index (χ1) is 13.2. The maximum Gasteiger partial charge on any atom is 0.143 e. The van der Waals surface area contributed by atoms with Gasteiger partial charge in [-0.25, -0.2) is 0 Å². The Morgan fingerprint density at radius 1 is 0.926 bits per heavy atom. The van der Waals surface area contributed by atoms with Crippen LogP contribution in [0.3, 0.4) is 0 Å². The van der Waals surface area contributed by atoms with Crippen molar-refractivity contribution in [3.63, 3.8) is 0 Å². The van der Waals surface area contributed by atoms with Crippen molar-refractivity contribution in [3.05, 3.63) is 60.2 Å². The molecule has 2 N–H and O–H groups in total. The molecule has 1 aliphatic heterocycles. The van der Waals surface area contributed by atoms with Gasteiger partial charge in [0.2, 0.25) is 0 Å². The van der Waals surface area contributed by atoms with Gasteiger partial charge in [-0.3, -0.25) is 4.90 Å². The summed E-state index contributed by atoms with van der Waals surface area (Å²) in [5.41, 5.74) is 8.04. The fourth-order valence-electron chi connectivity index (χ4n) is 4.10. The standard InChI is InChI=1S/C23H33N3O/c1-19-16-25(15-9-8-14-24)17-20(2)26(19)22-12-6-7-13-23(22)27-18-21-10-4-3-5-11-21/h3-7,10-13,19-20H,8-9,14-18,24H2,1-2H3. The van der Waals surface area contributed by atoms with Crippen molar-refractivity contribution >= 4 is 5.69 Å². The van der Waals surface area contributed by atoms with Gasteiger partial charge in [0.25, 0.3) is 0 Å². The number of para-hydroxylation sites is 2. The molecule has 1 saturated heterocycles. The van der Waals surface area contributed by atoms with Crippen molar-refractivity contribution in [2.45, 2.75) is 45.4 Å². The summed E-state index contributed by atoms with van der Waals surface area (Å²) in [7, 11) is 0. The quantitative estimate of drug-likeness (QED) is 0.719. The van der Waals surface area contributed by atoms with Crippen LogP contribution in [0.2, 0.25) is 0 Å². The Balaban J connectivity index is 1.68. The maximum atomic E-state index is 6.21. The third-order valence-corrected chi connectivity index (χ3v) is 5.30. The molecule has 27 heavy (non-hydrogen) atoms. The second-order valence-corrected chi connectivity index (χ2v) is 7.60. The second-order valence-electron chi connectivity index (χ2n) is 7.60. The van der Waals surface area contributed by atoms with Crippen LogP contribution in [-0.2, 0) is 6.61 Å². The van der Waals surface area contributed by atoms with Crippen LogP contribution in [0.1, 0.15) is 32.3 Å². The van der Waals surface area contributed by atoms with E-state index in [1.54, 1.807) is 0 Å². The second kappa shape index (κ2) is 9.77. The number of benzene rings is 2. The van der Waals surface area contributed by atoms with E-state index in [-0.39, 0.29) is 0 Å². The molecule has 2 aromatic rings. The highest BCUT2D eigenvalue weighted by atomic mass is 16.5. The third kappa shape index (κ3) is 5.24. The van der Waals surface area contributed by atoms with Gasteiger partial charge in [0, 0.05) is 25.2 Å². The summed E-state index contributed by atoms with van der Waals surface area (Å²) in [6.45, 7) is 9.34. The van der Waals surface area contributed by atoms with E-state index in [4.69, 9.17) is 10.5 Å². The normalized spacial score (nSPS) is 20.6. The van der Waals surface area contributed by atoms with Crippen LogP contribution < -0.4 is 15.4 Å². The SMILES string of the molecule is CC1CN(CCCCN)CC(C)N1c1ccccc1OCc1ccccc1. The average Bonchev–Trinajstić information content (AvgIpc) is 2.68. The molecular weight excluding hydrogens is 334 g/mol. The number of nitrogens with two attached hydrogens (primary N) is 1. The van der Waals surface area contributed by atoms with Crippen molar-refractivity contribution in [2.24, 2.45) is 5.73 Å². The minimum atomic E-state index is 0.452. The molecule has 0 aliphatic carbocycles. The summed E-state index contributed by atoms with van der Waals surface area (Å²) in [6.07, 6.45) is 2.30. The number of ether oxygens (including phenoxy) is 1. The predicted molar refractivity (Wildman–Crippen MR) is 113 cm³/mol. The average molecular weight is 368 g/mol. The lowest BCUT2D eigenvalue weighted by Gasteiger charge is -2.46. The highest BCUT2D eigenvalue weighted by molar-refractivity contribution is 5.60.